The molecule has 2 aromatic rings. The minimum atomic E-state index is -3.08. The lowest BCUT2D eigenvalue weighted by Crippen LogP contribution is -2.43. The second-order valence-corrected chi connectivity index (χ2v) is 11.0. The predicted octanol–water partition coefficient (Wildman–Crippen LogP) is 2.14. The summed E-state index contributed by atoms with van der Waals surface area (Å²) in [6, 6.07) is 19.8. The molecule has 0 aliphatic carbocycles. The number of sulfone groups is 1. The quantitative estimate of drug-likeness (QED) is 0.746. The van der Waals surface area contributed by atoms with Crippen molar-refractivity contribution in [3.05, 3.63) is 71.8 Å². The lowest BCUT2D eigenvalue weighted by Gasteiger charge is -2.32. The molecular weight excluding hydrogens is 412 g/mol. The highest BCUT2D eigenvalue weighted by Gasteiger charge is 2.42. The lowest BCUT2D eigenvalue weighted by atomic mass is 9.76. The van der Waals surface area contributed by atoms with Gasteiger partial charge in [-0.3, -0.25) is 9.59 Å². The second-order valence-electron chi connectivity index (χ2n) is 8.79. The van der Waals surface area contributed by atoms with Gasteiger partial charge in [0.25, 0.3) is 0 Å². The maximum atomic E-state index is 13.0. The van der Waals surface area contributed by atoms with Gasteiger partial charge in [0.05, 0.1) is 17.4 Å². The van der Waals surface area contributed by atoms with E-state index in [1.807, 2.05) is 36.4 Å². The summed E-state index contributed by atoms with van der Waals surface area (Å²) in [6.07, 6.45) is 0.596. The number of hydrogen-bond donors (Lipinski definition) is 1. The Morgan fingerprint density at radius 1 is 1.06 bits per heavy atom. The minimum Gasteiger partial charge on any atom is -0.355 e. The number of nitrogens with one attached hydrogen (secondary N) is 1. The Hall–Kier alpha value is -2.67. The van der Waals surface area contributed by atoms with E-state index >= 15 is 0 Å². The molecule has 2 heterocycles. The summed E-state index contributed by atoms with van der Waals surface area (Å²) in [5.41, 5.74) is 1.78. The van der Waals surface area contributed by atoms with Crippen molar-refractivity contribution in [1.29, 1.82) is 0 Å². The van der Waals surface area contributed by atoms with Crippen molar-refractivity contribution >= 4 is 21.7 Å². The molecule has 2 aliphatic heterocycles. The fourth-order valence-corrected chi connectivity index (χ4v) is 6.40. The summed E-state index contributed by atoms with van der Waals surface area (Å²) >= 11 is 0. The first-order valence-electron chi connectivity index (χ1n) is 10.7. The van der Waals surface area contributed by atoms with Gasteiger partial charge in [0.15, 0.2) is 9.84 Å². The molecule has 2 amide bonds. The summed E-state index contributed by atoms with van der Waals surface area (Å²) in [6.45, 7) is 2.80. The summed E-state index contributed by atoms with van der Waals surface area (Å²) < 4.78 is 23.6. The largest absolute Gasteiger partial charge is 0.355 e. The maximum absolute atomic E-state index is 13.0. The second kappa shape index (κ2) is 8.46. The van der Waals surface area contributed by atoms with Gasteiger partial charge in [-0.15, -0.1) is 0 Å². The third kappa shape index (κ3) is 4.51. The third-order valence-electron chi connectivity index (χ3n) is 6.62. The van der Waals surface area contributed by atoms with Crippen LogP contribution < -0.4 is 5.32 Å². The van der Waals surface area contributed by atoms with E-state index in [1.165, 1.54) is 0 Å². The SMILES string of the molecule is CC(CNC(=O)[C@@H]1CC(=O)N([C@@H]2CCS(=O)(=O)C2)C1)(c1ccccc1)c1ccccc1. The van der Waals surface area contributed by atoms with Crippen LogP contribution >= 0.6 is 0 Å². The molecule has 0 unspecified atom stereocenters. The molecule has 0 aromatic heterocycles. The van der Waals surface area contributed by atoms with E-state index in [9.17, 15) is 18.0 Å². The van der Waals surface area contributed by atoms with Gasteiger partial charge in [0.1, 0.15) is 0 Å². The molecule has 0 radical (unpaired) electrons. The zero-order chi connectivity index (χ0) is 22.1. The molecule has 0 saturated carbocycles. The smallest absolute Gasteiger partial charge is 0.225 e. The van der Waals surface area contributed by atoms with Crippen LogP contribution in [0.2, 0.25) is 0 Å². The van der Waals surface area contributed by atoms with E-state index in [0.29, 0.717) is 13.0 Å². The number of nitrogens with zero attached hydrogens (tertiary/aromatic N) is 1. The van der Waals surface area contributed by atoms with E-state index in [2.05, 4.69) is 36.5 Å². The molecule has 2 aromatic carbocycles. The van der Waals surface area contributed by atoms with E-state index < -0.39 is 21.2 Å². The van der Waals surface area contributed by atoms with Crippen molar-refractivity contribution < 1.29 is 18.0 Å². The van der Waals surface area contributed by atoms with Gasteiger partial charge in [-0.2, -0.15) is 0 Å². The fourth-order valence-electron chi connectivity index (χ4n) is 4.67. The van der Waals surface area contributed by atoms with Crippen LogP contribution in [0.15, 0.2) is 60.7 Å². The Bertz CT molecular complexity index is 1010. The molecule has 0 spiro atoms. The molecule has 2 fully saturated rings. The first-order chi connectivity index (χ1) is 14.8. The number of amides is 2. The normalized spacial score (nSPS) is 23.1. The topological polar surface area (TPSA) is 83.6 Å². The zero-order valence-corrected chi connectivity index (χ0v) is 18.5. The van der Waals surface area contributed by atoms with Crippen LogP contribution in [0.3, 0.4) is 0 Å². The van der Waals surface area contributed by atoms with Crippen molar-refractivity contribution in [2.75, 3.05) is 24.6 Å². The summed E-state index contributed by atoms with van der Waals surface area (Å²) in [5.74, 6) is -0.615. The number of hydrogen-bond acceptors (Lipinski definition) is 4. The van der Waals surface area contributed by atoms with Gasteiger partial charge in [0, 0.05) is 31.0 Å². The predicted molar refractivity (Wildman–Crippen MR) is 119 cm³/mol. The van der Waals surface area contributed by atoms with Crippen LogP contribution in [0.25, 0.3) is 0 Å². The molecule has 31 heavy (non-hydrogen) atoms. The maximum Gasteiger partial charge on any atom is 0.225 e. The van der Waals surface area contributed by atoms with Crippen LogP contribution in [0.4, 0.5) is 0 Å². The highest BCUT2D eigenvalue weighted by atomic mass is 32.2. The first kappa shape index (κ1) is 21.6. The van der Waals surface area contributed by atoms with Crippen LogP contribution in [-0.4, -0.2) is 55.8 Å². The highest BCUT2D eigenvalue weighted by Crippen LogP contribution is 2.32. The average molecular weight is 441 g/mol. The van der Waals surface area contributed by atoms with Crippen LogP contribution in [-0.2, 0) is 24.8 Å². The van der Waals surface area contributed by atoms with E-state index in [4.69, 9.17) is 0 Å². The molecule has 2 aliphatic rings. The van der Waals surface area contributed by atoms with Gasteiger partial charge in [-0.1, -0.05) is 60.7 Å². The summed E-state index contributed by atoms with van der Waals surface area (Å²) in [4.78, 5) is 27.1. The summed E-state index contributed by atoms with van der Waals surface area (Å²) in [5, 5.41) is 3.07. The highest BCUT2D eigenvalue weighted by molar-refractivity contribution is 7.91. The van der Waals surface area contributed by atoms with Gasteiger partial charge in [0.2, 0.25) is 11.8 Å². The van der Waals surface area contributed by atoms with Crippen molar-refractivity contribution in [1.82, 2.24) is 10.2 Å². The van der Waals surface area contributed by atoms with Crippen LogP contribution in [0.5, 0.6) is 0 Å². The van der Waals surface area contributed by atoms with Crippen molar-refractivity contribution in [3.63, 3.8) is 0 Å². The number of benzene rings is 2. The van der Waals surface area contributed by atoms with Gasteiger partial charge >= 0.3 is 0 Å². The average Bonchev–Trinajstić information content (AvgIpc) is 3.34. The standard InChI is InChI=1S/C24H28N2O4S/c1-24(19-8-4-2-5-9-19,20-10-6-3-7-11-20)17-25-23(28)18-14-22(27)26(15-18)21-12-13-31(29,30)16-21/h2-11,18,21H,12-17H2,1H3,(H,25,28)/t18-,21-/m1/s1. The lowest BCUT2D eigenvalue weighted by molar-refractivity contribution is -0.130. The van der Waals surface area contributed by atoms with Crippen molar-refractivity contribution in [2.24, 2.45) is 5.92 Å². The summed E-state index contributed by atoms with van der Waals surface area (Å²) in [7, 11) is -3.08. The molecule has 4 rings (SSSR count). The number of rotatable bonds is 6. The fraction of sp³-hybridized carbons (Fsp3) is 0.417. The zero-order valence-electron chi connectivity index (χ0n) is 17.7. The van der Waals surface area contributed by atoms with E-state index in [0.717, 1.165) is 11.1 Å². The van der Waals surface area contributed by atoms with Crippen molar-refractivity contribution in [3.8, 4) is 0 Å². The monoisotopic (exact) mass is 440 g/mol. The third-order valence-corrected chi connectivity index (χ3v) is 8.37. The molecular formula is C24H28N2O4S. The molecule has 7 heteroatoms. The van der Waals surface area contributed by atoms with E-state index in [-0.39, 0.29) is 42.3 Å². The number of carbonyl (C=O) groups excluding carboxylic acids is 2. The van der Waals surface area contributed by atoms with Crippen LogP contribution in [0, 0.1) is 5.92 Å². The molecule has 164 valence electrons. The van der Waals surface area contributed by atoms with Crippen molar-refractivity contribution in [2.45, 2.75) is 31.2 Å². The molecule has 1 N–H and O–H groups in total. The van der Waals surface area contributed by atoms with Gasteiger partial charge < -0.3 is 10.2 Å². The molecule has 0 bridgehead atoms. The Balaban J connectivity index is 1.46. The number of carbonyl (C=O) groups is 2. The molecule has 2 atom stereocenters. The van der Waals surface area contributed by atoms with Crippen LogP contribution in [0.1, 0.15) is 30.9 Å². The first-order valence-corrected chi connectivity index (χ1v) is 12.5. The Morgan fingerprint density at radius 3 is 2.16 bits per heavy atom. The molecule has 2 saturated heterocycles. The Labute approximate surface area is 183 Å². The van der Waals surface area contributed by atoms with Gasteiger partial charge in [-0.25, -0.2) is 8.42 Å². The van der Waals surface area contributed by atoms with Gasteiger partial charge in [-0.05, 0) is 24.5 Å². The number of likely N-dealkylation sites (tertiary alicyclic amines) is 1. The molecule has 6 nitrogen and oxygen atoms in total. The Kier molecular flexibility index (Phi) is 5.88. The Morgan fingerprint density at radius 2 is 1.65 bits per heavy atom. The van der Waals surface area contributed by atoms with E-state index in [1.54, 1.807) is 4.90 Å². The minimum absolute atomic E-state index is 0.00711.